The molecule has 2 N–H and O–H groups in total. The molecule has 0 amide bonds. The number of rotatable bonds is 4. The van der Waals surface area contributed by atoms with Crippen LogP contribution in [0.1, 0.15) is 63.0 Å². The number of anilines is 2. The van der Waals surface area contributed by atoms with E-state index in [4.69, 9.17) is 10.1 Å². The molecule has 30 heavy (non-hydrogen) atoms. The summed E-state index contributed by atoms with van der Waals surface area (Å²) in [6, 6.07) is 17.5. The predicted octanol–water partition coefficient (Wildman–Crippen LogP) is 7.87. The van der Waals surface area contributed by atoms with Crippen molar-refractivity contribution in [3.05, 3.63) is 65.0 Å². The van der Waals surface area contributed by atoms with Crippen LogP contribution in [0.15, 0.2) is 53.9 Å². The van der Waals surface area contributed by atoms with Gasteiger partial charge in [-0.2, -0.15) is 0 Å². The summed E-state index contributed by atoms with van der Waals surface area (Å²) in [4.78, 5) is 4.75. The predicted molar refractivity (Wildman–Crippen MR) is 136 cm³/mol. The Labute approximate surface area is 195 Å². The van der Waals surface area contributed by atoms with E-state index in [2.05, 4.69) is 66.2 Å². The van der Waals surface area contributed by atoms with Gasteiger partial charge in [0.25, 0.3) is 0 Å². The molecule has 0 bridgehead atoms. The lowest BCUT2D eigenvalue weighted by Crippen LogP contribution is -2.04. The minimum absolute atomic E-state index is 0. The molecular weight excluding hydrogens is 456 g/mol. The third-order valence-electron chi connectivity index (χ3n) is 5.09. The van der Waals surface area contributed by atoms with Gasteiger partial charge in [-0.1, -0.05) is 61.2 Å². The van der Waals surface area contributed by atoms with Gasteiger partial charge in [0.2, 0.25) is 0 Å². The molecule has 3 nitrogen and oxygen atoms in total. The maximum Gasteiger partial charge on any atom is 0.187 e. The average molecular weight is 490 g/mol. The summed E-state index contributed by atoms with van der Waals surface area (Å²) in [5, 5.41) is 14.5. The summed E-state index contributed by atoms with van der Waals surface area (Å²) in [6.07, 6.45) is 6.70. The lowest BCUT2D eigenvalue weighted by atomic mass is 9.84. The monoisotopic (exact) mass is 488 g/mol. The molecule has 0 atom stereocenters. The zero-order chi connectivity index (χ0) is 20.6. The highest BCUT2D eigenvalue weighted by Gasteiger charge is 2.15. The Balaban J connectivity index is 0.000000591. The van der Waals surface area contributed by atoms with Crippen LogP contribution in [0.4, 0.5) is 10.8 Å². The van der Waals surface area contributed by atoms with Crippen LogP contribution >= 0.6 is 28.3 Å². The largest absolute Gasteiger partial charge is 0.394 e. The molecule has 5 heteroatoms. The zero-order valence-electron chi connectivity index (χ0n) is 18.1. The number of nitrogens with zero attached hydrogens (tertiary/aromatic N) is 1. The molecule has 2 aromatic carbocycles. The number of benzene rings is 2. The van der Waals surface area contributed by atoms with E-state index >= 15 is 0 Å². The minimum Gasteiger partial charge on any atom is -0.394 e. The molecule has 162 valence electrons. The second-order valence-corrected chi connectivity index (χ2v) is 8.94. The van der Waals surface area contributed by atoms with Crippen molar-refractivity contribution in [2.24, 2.45) is 0 Å². The molecule has 0 saturated heterocycles. The van der Waals surface area contributed by atoms with Gasteiger partial charge in [0, 0.05) is 22.7 Å². The van der Waals surface area contributed by atoms with Crippen molar-refractivity contribution in [3.8, 4) is 11.3 Å². The van der Waals surface area contributed by atoms with Crippen molar-refractivity contribution in [1.29, 1.82) is 0 Å². The average Bonchev–Trinajstić information content (AvgIpc) is 3.19. The number of halogens is 1. The molecule has 3 aromatic rings. The number of nitrogens with one attached hydrogen (secondary N) is 1. The van der Waals surface area contributed by atoms with Crippen molar-refractivity contribution in [1.82, 2.24) is 4.98 Å². The standard InChI is InChI=1S/C22H24N2S.C3H8O.BrH/c1-16-7-13-20(14-8-16)23-22-24-21(15-25-22)19-11-9-18(10-12-19)17-5-3-2-4-6-17;1-3(2)4;/h7-15,17H,2-6H2,1H3,(H,23,24);3-4H,1-2H3;1H. The van der Waals surface area contributed by atoms with Crippen molar-refractivity contribution in [3.63, 3.8) is 0 Å². The van der Waals surface area contributed by atoms with Gasteiger partial charge in [-0.15, -0.1) is 28.3 Å². The number of aliphatic hydroxyl groups excluding tert-OH is 1. The lowest BCUT2D eigenvalue weighted by Gasteiger charge is -2.22. The normalized spacial score (nSPS) is 13.9. The van der Waals surface area contributed by atoms with Gasteiger partial charge in [-0.3, -0.25) is 0 Å². The first-order valence-electron chi connectivity index (χ1n) is 10.6. The lowest BCUT2D eigenvalue weighted by molar-refractivity contribution is 0.216. The number of hydrogen-bond donors (Lipinski definition) is 2. The van der Waals surface area contributed by atoms with Gasteiger partial charge in [0.05, 0.1) is 5.69 Å². The van der Waals surface area contributed by atoms with E-state index in [9.17, 15) is 0 Å². The molecular formula is C25H33BrN2OS. The molecule has 4 rings (SSSR count). The Morgan fingerprint density at radius 2 is 1.57 bits per heavy atom. The molecule has 1 saturated carbocycles. The van der Waals surface area contributed by atoms with E-state index in [1.165, 1.54) is 48.8 Å². The minimum atomic E-state index is -0.167. The molecule has 1 aromatic heterocycles. The molecule has 1 fully saturated rings. The Hall–Kier alpha value is -1.69. The molecule has 1 aliphatic carbocycles. The van der Waals surface area contributed by atoms with Crippen LogP contribution in [0.2, 0.25) is 0 Å². The molecule has 1 heterocycles. The SMILES string of the molecule is Br.CC(C)O.Cc1ccc(Nc2nc(-c3ccc(C4CCCCC4)cc3)cs2)cc1. The fourth-order valence-corrected chi connectivity index (χ4v) is 4.33. The molecule has 0 spiro atoms. The van der Waals surface area contributed by atoms with Gasteiger partial charge in [-0.05, 0) is 57.2 Å². The first kappa shape index (κ1) is 24.6. The third-order valence-corrected chi connectivity index (χ3v) is 5.85. The first-order valence-corrected chi connectivity index (χ1v) is 11.5. The molecule has 0 radical (unpaired) electrons. The molecule has 1 aliphatic rings. The summed E-state index contributed by atoms with van der Waals surface area (Å²) in [7, 11) is 0. The fourth-order valence-electron chi connectivity index (χ4n) is 3.59. The van der Waals surface area contributed by atoms with Crippen LogP contribution in [-0.2, 0) is 0 Å². The van der Waals surface area contributed by atoms with Gasteiger partial charge in [-0.25, -0.2) is 4.98 Å². The van der Waals surface area contributed by atoms with Crippen LogP contribution in [0.25, 0.3) is 11.3 Å². The summed E-state index contributed by atoms with van der Waals surface area (Å²) < 4.78 is 0. The highest BCUT2D eigenvalue weighted by atomic mass is 79.9. The van der Waals surface area contributed by atoms with Crippen LogP contribution in [0, 0.1) is 6.92 Å². The van der Waals surface area contributed by atoms with Crippen LogP contribution < -0.4 is 5.32 Å². The zero-order valence-corrected chi connectivity index (χ0v) is 20.6. The van der Waals surface area contributed by atoms with Gasteiger partial charge >= 0.3 is 0 Å². The van der Waals surface area contributed by atoms with Crippen molar-refractivity contribution in [2.75, 3.05) is 5.32 Å². The number of aromatic nitrogens is 1. The van der Waals surface area contributed by atoms with E-state index in [1.54, 1.807) is 25.2 Å². The van der Waals surface area contributed by atoms with E-state index in [0.717, 1.165) is 22.4 Å². The maximum absolute atomic E-state index is 8.06. The van der Waals surface area contributed by atoms with Crippen LogP contribution in [0.5, 0.6) is 0 Å². The van der Waals surface area contributed by atoms with E-state index in [1.807, 2.05) is 0 Å². The van der Waals surface area contributed by atoms with Gasteiger partial charge in [0.1, 0.15) is 0 Å². The van der Waals surface area contributed by atoms with Gasteiger partial charge < -0.3 is 10.4 Å². The maximum atomic E-state index is 8.06. The van der Waals surface area contributed by atoms with Gasteiger partial charge in [0.15, 0.2) is 5.13 Å². The van der Waals surface area contributed by atoms with E-state index < -0.39 is 0 Å². The van der Waals surface area contributed by atoms with Crippen LogP contribution in [0.3, 0.4) is 0 Å². The first-order chi connectivity index (χ1) is 14.0. The second kappa shape index (κ2) is 12.2. The topological polar surface area (TPSA) is 45.1 Å². The Bertz CT molecular complexity index is 866. The number of aliphatic hydroxyl groups is 1. The van der Waals surface area contributed by atoms with Crippen LogP contribution in [-0.4, -0.2) is 16.2 Å². The van der Waals surface area contributed by atoms with Crippen molar-refractivity contribution in [2.45, 2.75) is 64.9 Å². The summed E-state index contributed by atoms with van der Waals surface area (Å²) in [6.45, 7) is 5.54. The van der Waals surface area contributed by atoms with Crippen molar-refractivity contribution < 1.29 is 5.11 Å². The highest BCUT2D eigenvalue weighted by molar-refractivity contribution is 8.93. The summed E-state index contributed by atoms with van der Waals surface area (Å²) in [5.41, 5.74) is 6.10. The smallest absolute Gasteiger partial charge is 0.187 e. The van der Waals surface area contributed by atoms with E-state index in [-0.39, 0.29) is 23.1 Å². The number of aryl methyl sites for hydroxylation is 1. The Kier molecular flexibility index (Phi) is 10.0. The highest BCUT2D eigenvalue weighted by Crippen LogP contribution is 2.34. The third kappa shape index (κ3) is 7.53. The second-order valence-electron chi connectivity index (χ2n) is 8.08. The fraction of sp³-hybridized carbons (Fsp3) is 0.400. The summed E-state index contributed by atoms with van der Waals surface area (Å²) >= 11 is 1.65. The molecule has 0 unspecified atom stereocenters. The quantitative estimate of drug-likeness (QED) is 0.392. The Morgan fingerprint density at radius 3 is 2.17 bits per heavy atom. The Morgan fingerprint density at radius 1 is 0.967 bits per heavy atom. The molecule has 0 aliphatic heterocycles. The van der Waals surface area contributed by atoms with Crippen molar-refractivity contribution >= 4 is 39.1 Å². The van der Waals surface area contributed by atoms with E-state index in [0.29, 0.717) is 0 Å². The number of thiazole rings is 1. The number of hydrogen-bond acceptors (Lipinski definition) is 4. The summed E-state index contributed by atoms with van der Waals surface area (Å²) in [5.74, 6) is 0.761.